The molecule has 0 aromatic carbocycles. The average Bonchev–Trinajstić information content (AvgIpc) is 2.53. The molecule has 0 spiro atoms. The molecule has 6 heteroatoms. The maximum absolute atomic E-state index is 11.8. The third-order valence-corrected chi connectivity index (χ3v) is 4.55. The van der Waals surface area contributed by atoms with E-state index in [0.29, 0.717) is 39.0 Å². The van der Waals surface area contributed by atoms with Crippen LogP contribution < -0.4 is 0 Å². The Morgan fingerprint density at radius 3 is 2.29 bits per heavy atom. The minimum Gasteiger partial charge on any atom is -0.480 e. The lowest BCUT2D eigenvalue weighted by atomic mass is 9.80. The molecule has 1 amide bonds. The van der Waals surface area contributed by atoms with Gasteiger partial charge in [-0.05, 0) is 12.8 Å². The van der Waals surface area contributed by atoms with E-state index < -0.39 is 11.5 Å². The van der Waals surface area contributed by atoms with Gasteiger partial charge < -0.3 is 14.7 Å². The second-order valence-electron chi connectivity index (χ2n) is 5.74. The zero-order valence-corrected chi connectivity index (χ0v) is 12.4. The Morgan fingerprint density at radius 1 is 1.14 bits per heavy atom. The molecule has 2 rings (SSSR count). The van der Waals surface area contributed by atoms with Crippen LogP contribution in [0, 0.1) is 0 Å². The topological polar surface area (TPSA) is 70.1 Å². The Morgan fingerprint density at radius 2 is 1.76 bits per heavy atom. The van der Waals surface area contributed by atoms with Crippen LogP contribution in [0.3, 0.4) is 0 Å². The van der Waals surface area contributed by atoms with Gasteiger partial charge in [-0.2, -0.15) is 0 Å². The van der Waals surface area contributed by atoms with Gasteiger partial charge in [0.2, 0.25) is 0 Å². The number of nitrogens with zero attached hydrogens (tertiary/aromatic N) is 2. The smallest absolute Gasteiger partial charge is 0.410 e. The molecule has 0 aromatic heterocycles. The van der Waals surface area contributed by atoms with E-state index in [4.69, 9.17) is 4.74 Å². The van der Waals surface area contributed by atoms with Crippen LogP contribution in [0.15, 0.2) is 12.7 Å². The van der Waals surface area contributed by atoms with Gasteiger partial charge in [-0.1, -0.05) is 31.9 Å². The molecule has 1 heterocycles. The highest BCUT2D eigenvalue weighted by Gasteiger charge is 2.46. The number of carbonyl (C=O) groups excluding carboxylic acids is 1. The highest BCUT2D eigenvalue weighted by molar-refractivity contribution is 5.79. The molecule has 118 valence electrons. The predicted octanol–water partition coefficient (Wildman–Crippen LogP) is 1.71. The number of hydrogen-bond acceptors (Lipinski definition) is 4. The van der Waals surface area contributed by atoms with E-state index in [1.807, 2.05) is 4.90 Å². The van der Waals surface area contributed by atoms with Crippen molar-refractivity contribution in [1.29, 1.82) is 0 Å². The maximum atomic E-state index is 11.8. The summed E-state index contributed by atoms with van der Waals surface area (Å²) >= 11 is 0. The second-order valence-corrected chi connectivity index (χ2v) is 5.74. The van der Waals surface area contributed by atoms with Gasteiger partial charge in [0.1, 0.15) is 12.1 Å². The zero-order chi connectivity index (χ0) is 15.3. The number of rotatable bonds is 4. The molecule has 0 bridgehead atoms. The summed E-state index contributed by atoms with van der Waals surface area (Å²) < 4.78 is 5.02. The third-order valence-electron chi connectivity index (χ3n) is 4.55. The summed E-state index contributed by atoms with van der Waals surface area (Å²) in [5.74, 6) is -0.718. The average molecular weight is 296 g/mol. The van der Waals surface area contributed by atoms with Crippen LogP contribution in [0.1, 0.15) is 32.1 Å². The normalized spacial score (nSPS) is 22.6. The van der Waals surface area contributed by atoms with E-state index in [9.17, 15) is 14.7 Å². The van der Waals surface area contributed by atoms with Crippen LogP contribution in [-0.2, 0) is 9.53 Å². The molecule has 0 atom stereocenters. The molecular weight excluding hydrogens is 272 g/mol. The predicted molar refractivity (Wildman–Crippen MR) is 78.1 cm³/mol. The molecule has 0 radical (unpaired) electrons. The van der Waals surface area contributed by atoms with Crippen molar-refractivity contribution in [3.05, 3.63) is 12.7 Å². The lowest BCUT2D eigenvalue weighted by Gasteiger charge is -2.46. The van der Waals surface area contributed by atoms with E-state index in [0.717, 1.165) is 19.3 Å². The fraction of sp³-hybridized carbons (Fsp3) is 0.733. The van der Waals surface area contributed by atoms with E-state index >= 15 is 0 Å². The van der Waals surface area contributed by atoms with Crippen molar-refractivity contribution in [2.75, 3.05) is 32.8 Å². The number of piperazine rings is 1. The number of carboxylic acids is 1. The molecular formula is C15H24N2O4. The number of carbonyl (C=O) groups is 2. The first-order valence-corrected chi connectivity index (χ1v) is 7.61. The van der Waals surface area contributed by atoms with Gasteiger partial charge in [0.15, 0.2) is 0 Å². The van der Waals surface area contributed by atoms with Crippen LogP contribution >= 0.6 is 0 Å². The Labute approximate surface area is 125 Å². The fourth-order valence-corrected chi connectivity index (χ4v) is 3.34. The molecule has 2 fully saturated rings. The third kappa shape index (κ3) is 3.37. The molecule has 1 N–H and O–H groups in total. The van der Waals surface area contributed by atoms with E-state index in [1.165, 1.54) is 6.08 Å². The lowest BCUT2D eigenvalue weighted by Crippen LogP contribution is -2.62. The summed E-state index contributed by atoms with van der Waals surface area (Å²) in [5, 5.41) is 9.67. The number of hydrogen-bond donors (Lipinski definition) is 1. The van der Waals surface area contributed by atoms with Crippen LogP contribution in [-0.4, -0.2) is 65.3 Å². The van der Waals surface area contributed by atoms with Crippen molar-refractivity contribution in [2.45, 2.75) is 37.6 Å². The van der Waals surface area contributed by atoms with Crippen LogP contribution in [0.4, 0.5) is 4.79 Å². The molecule has 0 aromatic rings. The first-order chi connectivity index (χ1) is 10.1. The van der Waals surface area contributed by atoms with Crippen molar-refractivity contribution in [1.82, 2.24) is 9.80 Å². The molecule has 1 aliphatic carbocycles. The van der Waals surface area contributed by atoms with Crippen molar-refractivity contribution in [3.63, 3.8) is 0 Å². The summed E-state index contributed by atoms with van der Waals surface area (Å²) in [7, 11) is 0. The number of carboxylic acid groups (broad SMARTS) is 1. The molecule has 21 heavy (non-hydrogen) atoms. The number of aliphatic carboxylic acids is 1. The summed E-state index contributed by atoms with van der Waals surface area (Å²) in [6.07, 6.45) is 5.66. The van der Waals surface area contributed by atoms with Crippen molar-refractivity contribution in [3.8, 4) is 0 Å². The zero-order valence-electron chi connectivity index (χ0n) is 12.4. The summed E-state index contributed by atoms with van der Waals surface area (Å²) in [5.41, 5.74) is -0.727. The summed E-state index contributed by atoms with van der Waals surface area (Å²) in [6, 6.07) is 0. The minimum absolute atomic E-state index is 0.206. The van der Waals surface area contributed by atoms with E-state index in [-0.39, 0.29) is 12.7 Å². The Balaban J connectivity index is 1.94. The molecule has 1 saturated carbocycles. The van der Waals surface area contributed by atoms with Crippen LogP contribution in [0.5, 0.6) is 0 Å². The lowest BCUT2D eigenvalue weighted by molar-refractivity contribution is -0.155. The monoisotopic (exact) mass is 296 g/mol. The van der Waals surface area contributed by atoms with Crippen LogP contribution in [0.25, 0.3) is 0 Å². The summed E-state index contributed by atoms with van der Waals surface area (Å²) in [6.45, 7) is 5.94. The first-order valence-electron chi connectivity index (χ1n) is 7.61. The summed E-state index contributed by atoms with van der Waals surface area (Å²) in [4.78, 5) is 27.2. The molecule has 1 aliphatic heterocycles. The Kier molecular flexibility index (Phi) is 5.22. The largest absolute Gasteiger partial charge is 0.480 e. The van der Waals surface area contributed by atoms with Gasteiger partial charge in [0, 0.05) is 26.2 Å². The van der Waals surface area contributed by atoms with Crippen molar-refractivity contribution >= 4 is 12.1 Å². The number of ether oxygens (including phenoxy) is 1. The van der Waals surface area contributed by atoms with Gasteiger partial charge in [0.25, 0.3) is 0 Å². The standard InChI is InChI=1S/C15H24N2O4/c1-2-12-21-14(20)16-8-10-17(11-9-16)15(13(18)19)6-4-3-5-7-15/h2H,1,3-12H2,(H,18,19). The van der Waals surface area contributed by atoms with Crippen molar-refractivity contribution < 1.29 is 19.4 Å². The van der Waals surface area contributed by atoms with Gasteiger partial charge in [-0.25, -0.2) is 4.79 Å². The van der Waals surface area contributed by atoms with Gasteiger partial charge in [-0.3, -0.25) is 9.69 Å². The second kappa shape index (κ2) is 6.93. The minimum atomic E-state index is -0.727. The van der Waals surface area contributed by atoms with E-state index in [1.54, 1.807) is 4.90 Å². The highest BCUT2D eigenvalue weighted by Crippen LogP contribution is 2.34. The quantitative estimate of drug-likeness (QED) is 0.800. The SMILES string of the molecule is C=CCOC(=O)N1CCN(C2(C(=O)O)CCCCC2)CC1. The Hall–Kier alpha value is -1.56. The number of amides is 1. The van der Waals surface area contributed by atoms with Gasteiger partial charge in [-0.15, -0.1) is 0 Å². The fourth-order valence-electron chi connectivity index (χ4n) is 3.34. The molecule has 0 unspecified atom stereocenters. The van der Waals surface area contributed by atoms with Crippen molar-refractivity contribution in [2.24, 2.45) is 0 Å². The Bertz CT molecular complexity index is 396. The molecule has 2 aliphatic rings. The highest BCUT2D eigenvalue weighted by atomic mass is 16.6. The molecule has 6 nitrogen and oxygen atoms in total. The van der Waals surface area contributed by atoms with Crippen LogP contribution in [0.2, 0.25) is 0 Å². The molecule has 1 saturated heterocycles. The maximum Gasteiger partial charge on any atom is 0.410 e. The van der Waals surface area contributed by atoms with Gasteiger partial charge >= 0.3 is 12.1 Å². The first kappa shape index (κ1) is 15.8. The van der Waals surface area contributed by atoms with Gasteiger partial charge in [0.05, 0.1) is 0 Å². The van der Waals surface area contributed by atoms with E-state index in [2.05, 4.69) is 6.58 Å².